The van der Waals surface area contributed by atoms with E-state index in [9.17, 15) is 9.90 Å². The zero-order chi connectivity index (χ0) is 27.0. The number of imidazole rings is 1. The Morgan fingerprint density at radius 2 is 1.92 bits per heavy atom. The van der Waals surface area contributed by atoms with E-state index in [0.717, 1.165) is 30.5 Å². The average Bonchev–Trinajstić information content (AvgIpc) is 3.16. The highest BCUT2D eigenvalue weighted by Crippen LogP contribution is 2.37. The maximum Gasteiger partial charge on any atom is 0.410 e. The topological polar surface area (TPSA) is 141 Å². The fourth-order valence-corrected chi connectivity index (χ4v) is 6.05. The van der Waals surface area contributed by atoms with Gasteiger partial charge in [0.15, 0.2) is 23.1 Å². The first-order valence-corrected chi connectivity index (χ1v) is 14.1. The number of carboxylic acid groups (broad SMARTS) is 1. The van der Waals surface area contributed by atoms with Gasteiger partial charge in [-0.2, -0.15) is 4.98 Å². The van der Waals surface area contributed by atoms with Gasteiger partial charge in [0.05, 0.1) is 18.8 Å². The summed E-state index contributed by atoms with van der Waals surface area (Å²) >= 11 is 0. The summed E-state index contributed by atoms with van der Waals surface area (Å²) in [5.74, 6) is 2.99. The van der Waals surface area contributed by atoms with Crippen LogP contribution in [0.15, 0.2) is 0 Å². The Kier molecular flexibility index (Phi) is 7.48. The molecule has 3 fully saturated rings. The van der Waals surface area contributed by atoms with Crippen LogP contribution in [-0.2, 0) is 11.3 Å². The third kappa shape index (κ3) is 5.43. The van der Waals surface area contributed by atoms with Gasteiger partial charge in [-0.1, -0.05) is 26.2 Å². The van der Waals surface area contributed by atoms with Crippen LogP contribution < -0.4 is 15.5 Å². The molecule has 0 aromatic carbocycles. The Labute approximate surface area is 224 Å². The highest BCUT2D eigenvalue weighted by Gasteiger charge is 2.36. The minimum atomic E-state index is -1.32. The van der Waals surface area contributed by atoms with Gasteiger partial charge in [0.2, 0.25) is 5.95 Å². The quantitative estimate of drug-likeness (QED) is 0.306. The molecule has 38 heavy (non-hydrogen) atoms. The SMILES string of the molecule is CC1CCC(Cn2c(N3CCOCC3(C)C)nc3nc(C(=N)NC(=O)O)nc(N[C@H](C)C4CCC4)c32)CC1. The van der Waals surface area contributed by atoms with Crippen LogP contribution in [0.2, 0.25) is 0 Å². The molecule has 3 heterocycles. The lowest BCUT2D eigenvalue weighted by Gasteiger charge is -2.43. The fourth-order valence-electron chi connectivity index (χ4n) is 6.05. The van der Waals surface area contributed by atoms with Crippen molar-refractivity contribution in [1.82, 2.24) is 24.8 Å². The van der Waals surface area contributed by atoms with Gasteiger partial charge >= 0.3 is 6.09 Å². The van der Waals surface area contributed by atoms with Crippen molar-refractivity contribution in [3.8, 4) is 0 Å². The number of hydrogen-bond donors (Lipinski definition) is 4. The first kappa shape index (κ1) is 26.6. The molecule has 1 saturated heterocycles. The summed E-state index contributed by atoms with van der Waals surface area (Å²) in [7, 11) is 0. The number of amides is 1. The lowest BCUT2D eigenvalue weighted by molar-refractivity contribution is 0.0628. The number of morpholine rings is 1. The minimum absolute atomic E-state index is 0.0205. The lowest BCUT2D eigenvalue weighted by atomic mass is 9.80. The molecule has 0 radical (unpaired) electrons. The molecular weight excluding hydrogens is 484 g/mol. The van der Waals surface area contributed by atoms with E-state index in [1.54, 1.807) is 0 Å². The van der Waals surface area contributed by atoms with Gasteiger partial charge in [0.1, 0.15) is 5.52 Å². The van der Waals surface area contributed by atoms with E-state index in [2.05, 4.69) is 52.8 Å². The van der Waals surface area contributed by atoms with Crippen LogP contribution in [0.25, 0.3) is 11.2 Å². The van der Waals surface area contributed by atoms with Gasteiger partial charge in [-0.05, 0) is 64.2 Å². The molecule has 4 N–H and O–H groups in total. The average molecular weight is 527 g/mol. The molecule has 2 aromatic heterocycles. The van der Waals surface area contributed by atoms with Crippen LogP contribution in [-0.4, -0.2) is 67.9 Å². The fraction of sp³-hybridized carbons (Fsp3) is 0.741. The summed E-state index contributed by atoms with van der Waals surface area (Å²) in [6, 6.07) is 0.193. The molecule has 3 aliphatic rings. The molecule has 1 amide bonds. The zero-order valence-corrected chi connectivity index (χ0v) is 23.1. The van der Waals surface area contributed by atoms with Gasteiger partial charge < -0.3 is 24.6 Å². The van der Waals surface area contributed by atoms with E-state index in [-0.39, 0.29) is 23.2 Å². The maximum absolute atomic E-state index is 11.3. The van der Waals surface area contributed by atoms with Gasteiger partial charge in [0.25, 0.3) is 0 Å². The van der Waals surface area contributed by atoms with Crippen LogP contribution >= 0.6 is 0 Å². The number of aromatic nitrogens is 4. The zero-order valence-electron chi connectivity index (χ0n) is 23.1. The van der Waals surface area contributed by atoms with Crippen molar-refractivity contribution in [2.45, 2.75) is 90.8 Å². The lowest BCUT2D eigenvalue weighted by Crippen LogP contribution is -2.54. The molecule has 0 bridgehead atoms. The summed E-state index contributed by atoms with van der Waals surface area (Å²) in [5.41, 5.74) is 1.06. The van der Waals surface area contributed by atoms with E-state index in [0.29, 0.717) is 36.5 Å². The van der Waals surface area contributed by atoms with Crippen molar-refractivity contribution in [3.05, 3.63) is 5.82 Å². The van der Waals surface area contributed by atoms with Crippen LogP contribution in [0.3, 0.4) is 0 Å². The van der Waals surface area contributed by atoms with E-state index in [1.165, 1.54) is 44.9 Å². The largest absolute Gasteiger partial charge is 0.465 e. The first-order valence-electron chi connectivity index (χ1n) is 14.1. The first-order chi connectivity index (χ1) is 18.1. The molecule has 2 aliphatic carbocycles. The second-order valence-corrected chi connectivity index (χ2v) is 12.2. The van der Waals surface area contributed by atoms with Crippen LogP contribution in [0.5, 0.6) is 0 Å². The summed E-state index contributed by atoms with van der Waals surface area (Å²) in [6.45, 7) is 11.6. The number of fused-ring (bicyclic) bond motifs is 1. The smallest absolute Gasteiger partial charge is 0.410 e. The molecule has 11 nitrogen and oxygen atoms in total. The Hall–Kier alpha value is -2.95. The number of rotatable bonds is 7. The Balaban J connectivity index is 1.63. The third-order valence-electron chi connectivity index (χ3n) is 8.72. The number of hydrogen-bond acceptors (Lipinski definition) is 8. The summed E-state index contributed by atoms with van der Waals surface area (Å²) in [6.07, 6.45) is 7.11. The van der Waals surface area contributed by atoms with Gasteiger partial charge in [-0.15, -0.1) is 0 Å². The third-order valence-corrected chi connectivity index (χ3v) is 8.72. The van der Waals surface area contributed by atoms with Crippen LogP contribution in [0, 0.1) is 23.2 Å². The number of ether oxygens (including phenoxy) is 1. The summed E-state index contributed by atoms with van der Waals surface area (Å²) < 4.78 is 8.10. The number of anilines is 2. The predicted molar refractivity (Wildman–Crippen MR) is 147 cm³/mol. The second-order valence-electron chi connectivity index (χ2n) is 12.2. The van der Waals surface area contributed by atoms with Gasteiger partial charge in [-0.3, -0.25) is 10.7 Å². The Bertz CT molecular complexity index is 1180. The molecule has 11 heteroatoms. The van der Waals surface area contributed by atoms with E-state index >= 15 is 0 Å². The molecule has 208 valence electrons. The Morgan fingerprint density at radius 3 is 2.55 bits per heavy atom. The van der Waals surface area contributed by atoms with E-state index in [4.69, 9.17) is 20.1 Å². The van der Waals surface area contributed by atoms with Gasteiger partial charge in [-0.25, -0.2) is 14.8 Å². The minimum Gasteiger partial charge on any atom is -0.465 e. The molecule has 2 aromatic rings. The Morgan fingerprint density at radius 1 is 1.18 bits per heavy atom. The van der Waals surface area contributed by atoms with Crippen molar-refractivity contribution >= 4 is 34.9 Å². The maximum atomic E-state index is 11.3. The van der Waals surface area contributed by atoms with Crippen LogP contribution in [0.1, 0.15) is 78.5 Å². The van der Waals surface area contributed by atoms with Crippen molar-refractivity contribution < 1.29 is 14.6 Å². The summed E-state index contributed by atoms with van der Waals surface area (Å²) in [4.78, 5) is 28.0. The highest BCUT2D eigenvalue weighted by atomic mass is 16.5. The number of carbonyl (C=O) groups is 1. The molecule has 5 rings (SSSR count). The molecule has 1 atom stereocenters. The number of amidine groups is 1. The van der Waals surface area contributed by atoms with Gasteiger partial charge in [0, 0.05) is 19.1 Å². The molecule has 1 aliphatic heterocycles. The summed E-state index contributed by atoms with van der Waals surface area (Å²) in [5, 5.41) is 23.2. The predicted octanol–water partition coefficient (Wildman–Crippen LogP) is 4.46. The highest BCUT2D eigenvalue weighted by molar-refractivity contribution is 6.03. The van der Waals surface area contributed by atoms with Crippen molar-refractivity contribution in [3.63, 3.8) is 0 Å². The molecule has 0 spiro atoms. The van der Waals surface area contributed by atoms with Crippen molar-refractivity contribution in [1.29, 1.82) is 5.41 Å². The number of nitrogens with one attached hydrogen (secondary N) is 3. The molecule has 0 unspecified atom stereocenters. The van der Waals surface area contributed by atoms with Crippen molar-refractivity contribution in [2.75, 3.05) is 30.0 Å². The van der Waals surface area contributed by atoms with E-state index < -0.39 is 6.09 Å². The van der Waals surface area contributed by atoms with Crippen molar-refractivity contribution in [2.24, 2.45) is 17.8 Å². The normalized spacial score (nSPS) is 24.6. The monoisotopic (exact) mass is 526 g/mol. The second kappa shape index (κ2) is 10.7. The van der Waals surface area contributed by atoms with E-state index in [1.807, 2.05) is 0 Å². The standard InChI is InChI=1S/C27H42N8O3/c1-16-8-10-18(11-9-16)14-34-20-22(29-17(2)19-6-5-7-19)31-24(21(28)30-26(36)37)32-23(20)33-25(34)35-12-13-38-15-27(35,3)4/h16-19H,5-15H2,1-4H3,(H2,28,30)(H,36,37)(H,29,31,32)/t16?,17-,18?/m1/s1. The van der Waals surface area contributed by atoms with Crippen LogP contribution in [0.4, 0.5) is 16.6 Å². The number of nitrogens with zero attached hydrogens (tertiary/aromatic N) is 5. The molecule has 2 saturated carbocycles. The molecular formula is C27H42N8O3.